The van der Waals surface area contributed by atoms with Crippen LogP contribution in [0.5, 0.6) is 0 Å². The molecule has 0 spiro atoms. The van der Waals surface area contributed by atoms with E-state index in [0.717, 1.165) is 12.8 Å². The van der Waals surface area contributed by atoms with E-state index in [2.05, 4.69) is 10.6 Å². The standard InChI is InChI=1S/C13H16F4N2O/c1-3-4-7(2)19-10(20)6-18-13-11(16)8(14)5-9(15)12(13)17/h5,7,18H,3-4,6H2,1-2H3,(H,19,20). The third kappa shape index (κ3) is 4.11. The molecule has 7 heteroatoms. The normalized spacial score (nSPS) is 12.1. The number of carbonyl (C=O) groups is 1. The summed E-state index contributed by atoms with van der Waals surface area (Å²) < 4.78 is 52.5. The van der Waals surface area contributed by atoms with Crippen LogP contribution in [0, 0.1) is 23.3 Å². The first-order valence-electron chi connectivity index (χ1n) is 6.23. The zero-order chi connectivity index (χ0) is 15.3. The van der Waals surface area contributed by atoms with E-state index in [1.54, 1.807) is 6.92 Å². The number of carbonyl (C=O) groups excluding carboxylic acids is 1. The summed E-state index contributed by atoms with van der Waals surface area (Å²) in [5, 5.41) is 4.65. The van der Waals surface area contributed by atoms with Crippen molar-refractivity contribution in [1.82, 2.24) is 5.32 Å². The van der Waals surface area contributed by atoms with Crippen LogP contribution in [0.1, 0.15) is 26.7 Å². The van der Waals surface area contributed by atoms with Gasteiger partial charge in [-0.15, -0.1) is 0 Å². The average molecular weight is 292 g/mol. The summed E-state index contributed by atoms with van der Waals surface area (Å²) in [5.74, 6) is -6.68. The molecule has 1 aromatic carbocycles. The van der Waals surface area contributed by atoms with Crippen molar-refractivity contribution in [2.75, 3.05) is 11.9 Å². The number of rotatable bonds is 6. The fourth-order valence-electron chi connectivity index (χ4n) is 1.73. The smallest absolute Gasteiger partial charge is 0.239 e. The Bertz CT molecular complexity index is 467. The minimum Gasteiger partial charge on any atom is -0.371 e. The highest BCUT2D eigenvalue weighted by Crippen LogP contribution is 2.23. The van der Waals surface area contributed by atoms with E-state index in [4.69, 9.17) is 0 Å². The van der Waals surface area contributed by atoms with Crippen molar-refractivity contribution in [3.05, 3.63) is 29.3 Å². The van der Waals surface area contributed by atoms with Crippen LogP contribution in [0.25, 0.3) is 0 Å². The van der Waals surface area contributed by atoms with Gasteiger partial charge in [-0.25, -0.2) is 17.6 Å². The topological polar surface area (TPSA) is 41.1 Å². The molecule has 2 N–H and O–H groups in total. The van der Waals surface area contributed by atoms with Gasteiger partial charge >= 0.3 is 0 Å². The van der Waals surface area contributed by atoms with Crippen molar-refractivity contribution in [3.63, 3.8) is 0 Å². The van der Waals surface area contributed by atoms with Crippen molar-refractivity contribution in [2.24, 2.45) is 0 Å². The molecule has 20 heavy (non-hydrogen) atoms. The van der Waals surface area contributed by atoms with Gasteiger partial charge in [-0.3, -0.25) is 4.79 Å². The lowest BCUT2D eigenvalue weighted by Gasteiger charge is -2.14. The Hall–Kier alpha value is -1.79. The number of halogens is 4. The summed E-state index contributed by atoms with van der Waals surface area (Å²) in [6.07, 6.45) is 1.62. The summed E-state index contributed by atoms with van der Waals surface area (Å²) >= 11 is 0. The van der Waals surface area contributed by atoms with Gasteiger partial charge in [0.2, 0.25) is 5.91 Å². The fourth-order valence-corrected chi connectivity index (χ4v) is 1.73. The molecule has 1 aromatic rings. The van der Waals surface area contributed by atoms with Crippen molar-refractivity contribution < 1.29 is 22.4 Å². The zero-order valence-electron chi connectivity index (χ0n) is 11.2. The highest BCUT2D eigenvalue weighted by atomic mass is 19.2. The lowest BCUT2D eigenvalue weighted by atomic mass is 10.2. The van der Waals surface area contributed by atoms with Gasteiger partial charge in [-0.05, 0) is 13.3 Å². The number of nitrogens with one attached hydrogen (secondary N) is 2. The van der Waals surface area contributed by atoms with E-state index in [1.807, 2.05) is 6.92 Å². The summed E-state index contributed by atoms with van der Waals surface area (Å²) in [5.41, 5.74) is -0.985. The van der Waals surface area contributed by atoms with Crippen LogP contribution >= 0.6 is 0 Å². The van der Waals surface area contributed by atoms with Crippen molar-refractivity contribution in [2.45, 2.75) is 32.7 Å². The molecular formula is C13H16F4N2O. The Kier molecular flexibility index (Phi) is 5.79. The molecule has 0 heterocycles. The van der Waals surface area contributed by atoms with Crippen molar-refractivity contribution in [1.29, 1.82) is 0 Å². The van der Waals surface area contributed by atoms with Crippen LogP contribution in [-0.4, -0.2) is 18.5 Å². The summed E-state index contributed by atoms with van der Waals surface area (Å²) in [6, 6.07) is 0.0208. The average Bonchev–Trinajstić information content (AvgIpc) is 2.36. The van der Waals surface area contributed by atoms with Crippen LogP contribution < -0.4 is 10.6 Å². The number of amides is 1. The predicted octanol–water partition coefficient (Wildman–Crippen LogP) is 2.96. The van der Waals surface area contributed by atoms with E-state index in [-0.39, 0.29) is 12.1 Å². The maximum absolute atomic E-state index is 13.3. The quantitative estimate of drug-likeness (QED) is 0.625. The Labute approximate surface area is 114 Å². The Morgan fingerprint density at radius 3 is 2.25 bits per heavy atom. The highest BCUT2D eigenvalue weighted by Gasteiger charge is 2.19. The molecule has 1 rings (SSSR count). The van der Waals surface area contributed by atoms with Crippen molar-refractivity contribution >= 4 is 11.6 Å². The van der Waals surface area contributed by atoms with Crippen LogP contribution in [0.15, 0.2) is 6.07 Å². The largest absolute Gasteiger partial charge is 0.371 e. The molecule has 1 unspecified atom stereocenters. The van der Waals surface area contributed by atoms with Crippen LogP contribution in [-0.2, 0) is 4.79 Å². The Morgan fingerprint density at radius 1 is 1.20 bits per heavy atom. The van der Waals surface area contributed by atoms with Gasteiger partial charge in [0.1, 0.15) is 5.69 Å². The van der Waals surface area contributed by atoms with E-state index >= 15 is 0 Å². The van der Waals surface area contributed by atoms with Gasteiger partial charge in [0.25, 0.3) is 0 Å². The molecule has 0 aliphatic carbocycles. The second-order valence-electron chi connectivity index (χ2n) is 4.45. The summed E-state index contributed by atoms with van der Waals surface area (Å²) in [6.45, 7) is 3.25. The number of benzene rings is 1. The van der Waals surface area contributed by atoms with E-state index in [0.29, 0.717) is 0 Å². The van der Waals surface area contributed by atoms with Gasteiger partial charge in [-0.2, -0.15) is 0 Å². The molecule has 0 aliphatic heterocycles. The third-order valence-electron chi connectivity index (χ3n) is 2.67. The molecule has 0 aromatic heterocycles. The third-order valence-corrected chi connectivity index (χ3v) is 2.67. The minimum atomic E-state index is -1.56. The van der Waals surface area contributed by atoms with Gasteiger partial charge in [0.15, 0.2) is 23.3 Å². The van der Waals surface area contributed by atoms with E-state index in [1.165, 1.54) is 0 Å². The van der Waals surface area contributed by atoms with Crippen molar-refractivity contribution in [3.8, 4) is 0 Å². The number of hydrogen-bond acceptors (Lipinski definition) is 2. The van der Waals surface area contributed by atoms with Crippen LogP contribution in [0.4, 0.5) is 23.2 Å². The lowest BCUT2D eigenvalue weighted by molar-refractivity contribution is -0.120. The second-order valence-corrected chi connectivity index (χ2v) is 4.45. The molecule has 1 atom stereocenters. The maximum Gasteiger partial charge on any atom is 0.239 e. The highest BCUT2D eigenvalue weighted by molar-refractivity contribution is 5.81. The molecule has 0 fully saturated rings. The van der Waals surface area contributed by atoms with E-state index < -0.39 is 41.4 Å². The molecule has 3 nitrogen and oxygen atoms in total. The molecule has 0 bridgehead atoms. The first kappa shape index (κ1) is 16.3. The second kappa shape index (κ2) is 7.12. The molecule has 0 saturated heterocycles. The lowest BCUT2D eigenvalue weighted by Crippen LogP contribution is -2.36. The Morgan fingerprint density at radius 2 is 1.75 bits per heavy atom. The molecule has 0 aliphatic rings. The predicted molar refractivity (Wildman–Crippen MR) is 67.3 cm³/mol. The van der Waals surface area contributed by atoms with Crippen LogP contribution in [0.2, 0.25) is 0 Å². The molecule has 112 valence electrons. The van der Waals surface area contributed by atoms with E-state index in [9.17, 15) is 22.4 Å². The number of anilines is 1. The van der Waals surface area contributed by atoms with Gasteiger partial charge < -0.3 is 10.6 Å². The van der Waals surface area contributed by atoms with Gasteiger partial charge in [0, 0.05) is 12.1 Å². The molecule has 0 saturated carbocycles. The molecule has 0 radical (unpaired) electrons. The summed E-state index contributed by atoms with van der Waals surface area (Å²) in [7, 11) is 0. The molecular weight excluding hydrogens is 276 g/mol. The molecule has 1 amide bonds. The fraction of sp³-hybridized carbons (Fsp3) is 0.462. The minimum absolute atomic E-state index is 0.0896. The SMILES string of the molecule is CCCC(C)NC(=O)CNc1c(F)c(F)cc(F)c1F. The maximum atomic E-state index is 13.3. The first-order chi connectivity index (χ1) is 9.36. The van der Waals surface area contributed by atoms with Gasteiger partial charge in [-0.1, -0.05) is 13.3 Å². The zero-order valence-corrected chi connectivity index (χ0v) is 11.2. The Balaban J connectivity index is 2.69. The summed E-state index contributed by atoms with van der Waals surface area (Å²) in [4.78, 5) is 11.5. The monoisotopic (exact) mass is 292 g/mol. The number of hydrogen-bond donors (Lipinski definition) is 2. The van der Waals surface area contributed by atoms with Gasteiger partial charge in [0.05, 0.1) is 6.54 Å². The first-order valence-corrected chi connectivity index (χ1v) is 6.23. The van der Waals surface area contributed by atoms with Crippen LogP contribution in [0.3, 0.4) is 0 Å².